The monoisotopic (exact) mass is 483 g/mol. The molecule has 35 heavy (non-hydrogen) atoms. The Morgan fingerprint density at radius 1 is 1.03 bits per heavy atom. The van der Waals surface area contributed by atoms with Crippen LogP contribution in [-0.2, 0) is 12.7 Å². The van der Waals surface area contributed by atoms with E-state index in [0.717, 1.165) is 62.1 Å². The molecule has 2 bridgehead atoms. The van der Waals surface area contributed by atoms with Gasteiger partial charge in [-0.25, -0.2) is 4.98 Å². The van der Waals surface area contributed by atoms with Crippen molar-refractivity contribution in [2.45, 2.75) is 56.4 Å². The van der Waals surface area contributed by atoms with Crippen molar-refractivity contribution in [3.8, 4) is 0 Å². The molecule has 4 aromatic rings. The first-order chi connectivity index (χ1) is 16.9. The molecule has 1 aromatic carbocycles. The number of aromatic nitrogens is 6. The number of hydrogen-bond donors (Lipinski definition) is 3. The summed E-state index contributed by atoms with van der Waals surface area (Å²) in [6.45, 7) is 1.99. The van der Waals surface area contributed by atoms with E-state index in [4.69, 9.17) is 9.97 Å². The Bertz CT molecular complexity index is 1410. The number of aromatic amines is 1. The Morgan fingerprint density at radius 2 is 1.83 bits per heavy atom. The Labute approximate surface area is 198 Å². The van der Waals surface area contributed by atoms with Crippen LogP contribution in [0.1, 0.15) is 48.6 Å². The fourth-order valence-electron chi connectivity index (χ4n) is 5.27. The van der Waals surface area contributed by atoms with Crippen molar-refractivity contribution in [3.63, 3.8) is 0 Å². The maximum absolute atomic E-state index is 13.1. The molecule has 3 N–H and O–H groups in total. The quantitative estimate of drug-likeness (QED) is 0.400. The van der Waals surface area contributed by atoms with E-state index < -0.39 is 11.7 Å². The van der Waals surface area contributed by atoms with Crippen LogP contribution in [0.5, 0.6) is 0 Å². The number of H-pyrrole nitrogens is 1. The number of rotatable bonds is 5. The van der Waals surface area contributed by atoms with E-state index in [1.54, 1.807) is 4.52 Å². The summed E-state index contributed by atoms with van der Waals surface area (Å²) in [4.78, 5) is 19.4. The number of imidazole rings is 1. The van der Waals surface area contributed by atoms with Gasteiger partial charge in [0.2, 0.25) is 11.9 Å². The fourth-order valence-corrected chi connectivity index (χ4v) is 5.27. The molecule has 3 aliphatic rings. The van der Waals surface area contributed by atoms with Crippen LogP contribution in [0.25, 0.3) is 16.7 Å². The summed E-state index contributed by atoms with van der Waals surface area (Å²) >= 11 is 0. The van der Waals surface area contributed by atoms with Gasteiger partial charge < -0.3 is 20.5 Å². The van der Waals surface area contributed by atoms with Gasteiger partial charge in [-0.1, -0.05) is 0 Å². The smallest absolute Gasteiger partial charge is 0.347 e. The van der Waals surface area contributed by atoms with Crippen molar-refractivity contribution in [2.75, 3.05) is 23.3 Å². The summed E-state index contributed by atoms with van der Waals surface area (Å²) in [6, 6.07) is 4.42. The number of fused-ring (bicyclic) bond motifs is 4. The lowest BCUT2D eigenvalue weighted by atomic mass is 10.2. The summed E-state index contributed by atoms with van der Waals surface area (Å²) in [5, 5.41) is 11.5. The van der Waals surface area contributed by atoms with Crippen molar-refractivity contribution in [2.24, 2.45) is 0 Å². The van der Waals surface area contributed by atoms with Crippen molar-refractivity contribution in [1.29, 1.82) is 0 Å². The normalized spacial score (nSPS) is 22.4. The Morgan fingerprint density at radius 3 is 2.57 bits per heavy atom. The molecule has 0 amide bonds. The van der Waals surface area contributed by atoms with Crippen LogP contribution in [0.4, 0.5) is 25.1 Å². The predicted molar refractivity (Wildman–Crippen MR) is 123 cm³/mol. The topological polar surface area (TPSA) is 99.1 Å². The van der Waals surface area contributed by atoms with Crippen LogP contribution >= 0.6 is 0 Å². The molecule has 2 unspecified atom stereocenters. The zero-order valence-corrected chi connectivity index (χ0v) is 18.8. The summed E-state index contributed by atoms with van der Waals surface area (Å²) < 4.78 is 40.9. The lowest BCUT2D eigenvalue weighted by molar-refractivity contribution is -0.137. The summed E-state index contributed by atoms with van der Waals surface area (Å²) in [7, 11) is 0. The zero-order chi connectivity index (χ0) is 23.7. The predicted octanol–water partition coefficient (Wildman–Crippen LogP) is 3.45. The molecule has 5 heterocycles. The van der Waals surface area contributed by atoms with Crippen LogP contribution in [0.3, 0.4) is 0 Å². The molecule has 0 spiro atoms. The second kappa shape index (κ2) is 7.54. The van der Waals surface area contributed by atoms with Crippen LogP contribution in [0, 0.1) is 0 Å². The van der Waals surface area contributed by atoms with Crippen molar-refractivity contribution in [3.05, 3.63) is 41.3 Å². The molecule has 7 rings (SSSR count). The standard InChI is InChI=1S/C23H24F3N9/c24-23(25,26)13-3-6-17-18(7-13)31-19(30-17)9-27-21-33-22(34-10-14-4-5-15(11-34)29-14)32-20-16(12-1-2-12)8-28-35(20)21/h3,6-8,12,14-15,29H,1-2,4-5,9-11H2,(H,30,31)(H,27,32,33). The van der Waals surface area contributed by atoms with E-state index in [1.165, 1.54) is 6.07 Å². The Hall–Kier alpha value is -3.41. The largest absolute Gasteiger partial charge is 0.416 e. The third-order valence-electron chi connectivity index (χ3n) is 7.17. The molecule has 2 aliphatic heterocycles. The SMILES string of the molecule is FC(F)(F)c1ccc2nc(CNc3nc(N4CC5CCC(C4)N5)nc4c(C5CC5)cnn34)[nH]c2c1. The van der Waals surface area contributed by atoms with Gasteiger partial charge in [-0.3, -0.25) is 0 Å². The van der Waals surface area contributed by atoms with Gasteiger partial charge in [0, 0.05) is 30.7 Å². The molecular formula is C23H24F3N9. The number of benzene rings is 1. The maximum Gasteiger partial charge on any atom is 0.416 e. The highest BCUT2D eigenvalue weighted by Crippen LogP contribution is 2.42. The van der Waals surface area contributed by atoms with Crippen molar-refractivity contribution >= 4 is 28.6 Å². The minimum Gasteiger partial charge on any atom is -0.347 e. The average Bonchev–Trinajstić information content (AvgIpc) is 3.30. The molecule has 182 valence electrons. The highest BCUT2D eigenvalue weighted by Gasteiger charge is 2.35. The van der Waals surface area contributed by atoms with E-state index in [0.29, 0.717) is 46.8 Å². The summed E-state index contributed by atoms with van der Waals surface area (Å²) in [6.07, 6.45) is 2.08. The van der Waals surface area contributed by atoms with Gasteiger partial charge in [0.05, 0.1) is 29.3 Å². The van der Waals surface area contributed by atoms with Crippen LogP contribution in [-0.4, -0.2) is 54.7 Å². The summed E-state index contributed by atoms with van der Waals surface area (Å²) in [5.74, 6) is 2.22. The molecule has 0 radical (unpaired) electrons. The zero-order valence-electron chi connectivity index (χ0n) is 18.8. The number of anilines is 2. The minimum absolute atomic E-state index is 0.257. The van der Waals surface area contributed by atoms with Gasteiger partial charge in [-0.05, 0) is 49.8 Å². The lowest BCUT2D eigenvalue weighted by Gasteiger charge is -2.33. The second-order valence-electron chi connectivity index (χ2n) is 9.77. The average molecular weight is 484 g/mol. The molecular weight excluding hydrogens is 459 g/mol. The molecule has 9 nitrogen and oxygen atoms in total. The first kappa shape index (κ1) is 20.9. The van der Waals surface area contributed by atoms with Crippen molar-refractivity contribution < 1.29 is 13.2 Å². The van der Waals surface area contributed by atoms with Gasteiger partial charge in [-0.2, -0.15) is 32.8 Å². The van der Waals surface area contributed by atoms with E-state index >= 15 is 0 Å². The van der Waals surface area contributed by atoms with Gasteiger partial charge in [-0.15, -0.1) is 0 Å². The first-order valence-electron chi connectivity index (χ1n) is 12.0. The fraction of sp³-hybridized carbons (Fsp3) is 0.478. The van der Waals surface area contributed by atoms with Crippen LogP contribution in [0.2, 0.25) is 0 Å². The van der Waals surface area contributed by atoms with Crippen molar-refractivity contribution in [1.82, 2.24) is 34.9 Å². The van der Waals surface area contributed by atoms with Crippen LogP contribution in [0.15, 0.2) is 24.4 Å². The number of nitrogens with one attached hydrogen (secondary N) is 3. The van der Waals surface area contributed by atoms with Gasteiger partial charge >= 0.3 is 6.18 Å². The highest BCUT2D eigenvalue weighted by atomic mass is 19.4. The van der Waals surface area contributed by atoms with Gasteiger partial charge in [0.1, 0.15) is 5.82 Å². The Kier molecular flexibility index (Phi) is 4.51. The molecule has 3 aromatic heterocycles. The molecule has 2 atom stereocenters. The summed E-state index contributed by atoms with van der Waals surface area (Å²) in [5.41, 5.74) is 2.07. The van der Waals surface area contributed by atoms with Gasteiger partial charge in [0.15, 0.2) is 5.65 Å². The van der Waals surface area contributed by atoms with E-state index in [1.807, 2.05) is 6.20 Å². The Balaban J connectivity index is 1.21. The number of piperazine rings is 1. The lowest BCUT2D eigenvalue weighted by Crippen LogP contribution is -2.51. The highest BCUT2D eigenvalue weighted by molar-refractivity contribution is 5.76. The molecule has 2 saturated heterocycles. The maximum atomic E-state index is 13.1. The van der Waals surface area contributed by atoms with E-state index in [-0.39, 0.29) is 6.54 Å². The first-order valence-corrected chi connectivity index (χ1v) is 12.0. The third kappa shape index (κ3) is 3.76. The minimum atomic E-state index is -4.40. The van der Waals surface area contributed by atoms with E-state index in [2.05, 4.69) is 30.6 Å². The number of hydrogen-bond acceptors (Lipinski definition) is 7. The molecule has 1 saturated carbocycles. The number of alkyl halides is 3. The molecule has 1 aliphatic carbocycles. The second-order valence-corrected chi connectivity index (χ2v) is 9.77. The molecule has 12 heteroatoms. The number of halogens is 3. The molecule has 3 fully saturated rings. The van der Waals surface area contributed by atoms with Crippen LogP contribution < -0.4 is 15.5 Å². The third-order valence-corrected chi connectivity index (χ3v) is 7.17. The van der Waals surface area contributed by atoms with E-state index in [9.17, 15) is 13.2 Å². The number of nitrogens with zero attached hydrogens (tertiary/aromatic N) is 6. The van der Waals surface area contributed by atoms with Gasteiger partial charge in [0.25, 0.3) is 0 Å².